The van der Waals surface area contributed by atoms with Gasteiger partial charge in [-0.05, 0) is 24.6 Å². The summed E-state index contributed by atoms with van der Waals surface area (Å²) in [7, 11) is -3.95. The molecule has 0 heterocycles. The van der Waals surface area contributed by atoms with Crippen LogP contribution < -0.4 is 4.72 Å². The molecule has 0 bridgehead atoms. The number of carbonyl (C=O) groups is 1. The van der Waals surface area contributed by atoms with Crippen LogP contribution in [0.1, 0.15) is 13.3 Å². The molecule has 1 aromatic rings. The number of nitrogens with one attached hydrogen (secondary N) is 1. The molecule has 0 saturated carbocycles. The normalized spacial score (nSPS) is 13.3. The molecule has 18 heavy (non-hydrogen) atoms. The van der Waals surface area contributed by atoms with Crippen molar-refractivity contribution < 1.29 is 18.3 Å². The lowest BCUT2D eigenvalue weighted by Gasteiger charge is -2.13. The molecule has 0 aliphatic heterocycles. The first kappa shape index (κ1) is 15.4. The second kappa shape index (κ2) is 6.01. The minimum absolute atomic E-state index is 0.0251. The Hall–Kier alpha value is -0.630. The maximum atomic E-state index is 12.0. The summed E-state index contributed by atoms with van der Waals surface area (Å²) in [5.41, 5.74) is 0. The van der Waals surface area contributed by atoms with Crippen molar-refractivity contribution in [2.45, 2.75) is 24.3 Å². The molecule has 0 saturated heterocycles. The molecule has 1 atom stereocenters. The van der Waals surface area contributed by atoms with Gasteiger partial charge in [-0.15, -0.1) is 0 Å². The van der Waals surface area contributed by atoms with Gasteiger partial charge < -0.3 is 5.11 Å². The zero-order chi connectivity index (χ0) is 13.9. The summed E-state index contributed by atoms with van der Waals surface area (Å²) in [5, 5.41) is 8.85. The van der Waals surface area contributed by atoms with Crippen molar-refractivity contribution in [3.63, 3.8) is 0 Å². The summed E-state index contributed by atoms with van der Waals surface area (Å²) in [6.07, 6.45) is 0.142. The van der Waals surface area contributed by atoms with E-state index >= 15 is 0 Å². The molecule has 0 amide bonds. The first-order valence-electron chi connectivity index (χ1n) is 4.98. The molecule has 1 rings (SSSR count). The minimum Gasteiger partial charge on any atom is -0.480 e. The summed E-state index contributed by atoms with van der Waals surface area (Å²) in [4.78, 5) is 10.7. The summed E-state index contributed by atoms with van der Waals surface area (Å²) >= 11 is 8.98. The van der Waals surface area contributed by atoms with Crippen LogP contribution >= 0.6 is 27.5 Å². The van der Waals surface area contributed by atoms with E-state index in [9.17, 15) is 13.2 Å². The van der Waals surface area contributed by atoms with E-state index in [1.807, 2.05) is 0 Å². The van der Waals surface area contributed by atoms with Gasteiger partial charge in [-0.25, -0.2) is 8.42 Å². The van der Waals surface area contributed by atoms with Crippen molar-refractivity contribution in [2.24, 2.45) is 0 Å². The highest BCUT2D eigenvalue weighted by Crippen LogP contribution is 2.25. The summed E-state index contributed by atoms with van der Waals surface area (Å²) < 4.78 is 26.7. The van der Waals surface area contributed by atoms with Gasteiger partial charge in [0.1, 0.15) is 10.9 Å². The quantitative estimate of drug-likeness (QED) is 0.847. The number of aliphatic carboxylic acids is 1. The van der Waals surface area contributed by atoms with Gasteiger partial charge in [-0.1, -0.05) is 34.5 Å². The van der Waals surface area contributed by atoms with E-state index in [1.54, 1.807) is 6.92 Å². The Kier molecular flexibility index (Phi) is 5.15. The first-order chi connectivity index (χ1) is 8.27. The topological polar surface area (TPSA) is 83.5 Å². The van der Waals surface area contributed by atoms with Crippen molar-refractivity contribution in [1.82, 2.24) is 4.72 Å². The number of halogens is 2. The monoisotopic (exact) mass is 355 g/mol. The predicted molar refractivity (Wildman–Crippen MR) is 71.2 cm³/mol. The highest BCUT2D eigenvalue weighted by molar-refractivity contribution is 9.10. The lowest BCUT2D eigenvalue weighted by Crippen LogP contribution is -2.40. The largest absolute Gasteiger partial charge is 0.480 e. The fraction of sp³-hybridized carbons (Fsp3) is 0.300. The number of hydrogen-bond acceptors (Lipinski definition) is 3. The summed E-state index contributed by atoms with van der Waals surface area (Å²) in [6.45, 7) is 1.57. The molecule has 0 unspecified atom stereocenters. The number of sulfonamides is 1. The third-order valence-electron chi connectivity index (χ3n) is 2.19. The Bertz CT molecular complexity index is 561. The zero-order valence-electron chi connectivity index (χ0n) is 9.35. The molecule has 0 fully saturated rings. The van der Waals surface area contributed by atoms with Crippen LogP contribution in [0, 0.1) is 0 Å². The van der Waals surface area contributed by atoms with Crippen LogP contribution in [-0.4, -0.2) is 25.5 Å². The molecule has 8 heteroatoms. The lowest BCUT2D eigenvalue weighted by molar-refractivity contribution is -0.139. The van der Waals surface area contributed by atoms with Crippen LogP contribution in [0.5, 0.6) is 0 Å². The van der Waals surface area contributed by atoms with Gasteiger partial charge in [0.05, 0.1) is 5.02 Å². The molecular formula is C10H11BrClNO4S. The second-order valence-electron chi connectivity index (χ2n) is 3.50. The molecule has 1 aromatic carbocycles. The SMILES string of the molecule is CC[C@H](NS(=O)(=O)c1ccc(Br)cc1Cl)C(=O)O. The van der Waals surface area contributed by atoms with Gasteiger partial charge in [-0.3, -0.25) is 4.79 Å². The van der Waals surface area contributed by atoms with E-state index in [0.717, 1.165) is 0 Å². The van der Waals surface area contributed by atoms with Crippen LogP contribution in [0.4, 0.5) is 0 Å². The smallest absolute Gasteiger partial charge is 0.321 e. The van der Waals surface area contributed by atoms with Crippen LogP contribution in [0.25, 0.3) is 0 Å². The Morgan fingerprint density at radius 3 is 2.61 bits per heavy atom. The van der Waals surface area contributed by atoms with Gasteiger partial charge in [-0.2, -0.15) is 4.72 Å². The maximum absolute atomic E-state index is 12.0. The van der Waals surface area contributed by atoms with E-state index in [4.69, 9.17) is 16.7 Å². The molecule has 0 spiro atoms. The third-order valence-corrected chi connectivity index (χ3v) is 4.64. The lowest BCUT2D eigenvalue weighted by atomic mass is 10.2. The number of carboxylic acid groups (broad SMARTS) is 1. The predicted octanol–water partition coefficient (Wildman–Crippen LogP) is 2.24. The molecule has 2 N–H and O–H groups in total. The average Bonchev–Trinajstić information content (AvgIpc) is 2.24. The van der Waals surface area contributed by atoms with E-state index < -0.39 is 22.0 Å². The zero-order valence-corrected chi connectivity index (χ0v) is 12.5. The highest BCUT2D eigenvalue weighted by atomic mass is 79.9. The van der Waals surface area contributed by atoms with Gasteiger partial charge in [0.2, 0.25) is 10.0 Å². The van der Waals surface area contributed by atoms with Crippen LogP contribution in [0.2, 0.25) is 5.02 Å². The van der Waals surface area contributed by atoms with Crippen molar-refractivity contribution in [1.29, 1.82) is 0 Å². The molecule has 0 aromatic heterocycles. The maximum Gasteiger partial charge on any atom is 0.321 e. The Morgan fingerprint density at radius 2 is 2.17 bits per heavy atom. The van der Waals surface area contributed by atoms with Crippen molar-refractivity contribution >= 4 is 43.5 Å². The summed E-state index contributed by atoms with van der Waals surface area (Å²) in [5.74, 6) is -1.23. The van der Waals surface area contributed by atoms with Gasteiger partial charge >= 0.3 is 5.97 Å². The molecule has 5 nitrogen and oxygen atoms in total. The van der Waals surface area contributed by atoms with Crippen LogP contribution in [0.3, 0.4) is 0 Å². The average molecular weight is 357 g/mol. The first-order valence-corrected chi connectivity index (χ1v) is 7.63. The fourth-order valence-corrected chi connectivity index (χ4v) is 3.56. The molecule has 0 radical (unpaired) electrons. The third kappa shape index (κ3) is 3.68. The minimum atomic E-state index is -3.95. The van der Waals surface area contributed by atoms with Crippen molar-refractivity contribution in [2.75, 3.05) is 0 Å². The fourth-order valence-electron chi connectivity index (χ4n) is 1.25. The van der Waals surface area contributed by atoms with E-state index in [0.29, 0.717) is 4.47 Å². The van der Waals surface area contributed by atoms with Crippen molar-refractivity contribution in [3.8, 4) is 0 Å². The van der Waals surface area contributed by atoms with Gasteiger partial charge in [0.25, 0.3) is 0 Å². The summed E-state index contributed by atoms with van der Waals surface area (Å²) in [6, 6.07) is 3.08. The molecule has 100 valence electrons. The Labute approximate surface area is 118 Å². The number of hydrogen-bond donors (Lipinski definition) is 2. The van der Waals surface area contributed by atoms with E-state index in [2.05, 4.69) is 20.7 Å². The van der Waals surface area contributed by atoms with E-state index in [-0.39, 0.29) is 16.3 Å². The number of rotatable bonds is 5. The Morgan fingerprint density at radius 1 is 1.56 bits per heavy atom. The van der Waals surface area contributed by atoms with Gasteiger partial charge in [0.15, 0.2) is 0 Å². The molecule has 0 aliphatic carbocycles. The standard InChI is InChI=1S/C10H11BrClNO4S/c1-2-8(10(14)15)13-18(16,17)9-4-3-6(11)5-7(9)12/h3-5,8,13H,2H2,1H3,(H,14,15)/t8-/m0/s1. The Balaban J connectivity index is 3.10. The van der Waals surface area contributed by atoms with Crippen molar-refractivity contribution in [3.05, 3.63) is 27.7 Å². The number of carboxylic acids is 1. The van der Waals surface area contributed by atoms with Crippen LogP contribution in [0.15, 0.2) is 27.6 Å². The second-order valence-corrected chi connectivity index (χ2v) is 6.50. The van der Waals surface area contributed by atoms with Crippen LogP contribution in [-0.2, 0) is 14.8 Å². The molecule has 0 aliphatic rings. The molecular weight excluding hydrogens is 346 g/mol. The van der Waals surface area contributed by atoms with E-state index in [1.165, 1.54) is 18.2 Å². The highest BCUT2D eigenvalue weighted by Gasteiger charge is 2.25. The van der Waals surface area contributed by atoms with Gasteiger partial charge in [0, 0.05) is 4.47 Å². The number of benzene rings is 1.